The smallest absolute Gasteiger partial charge is 0.164 e. The summed E-state index contributed by atoms with van der Waals surface area (Å²) in [6, 6.07) is 66.8. The van der Waals surface area contributed by atoms with Crippen LogP contribution in [0.4, 0.5) is 0 Å². The van der Waals surface area contributed by atoms with Crippen LogP contribution in [0.2, 0.25) is 0 Å². The highest BCUT2D eigenvalue weighted by Crippen LogP contribution is 2.43. The van der Waals surface area contributed by atoms with E-state index in [9.17, 15) is 0 Å². The van der Waals surface area contributed by atoms with E-state index in [0.29, 0.717) is 17.5 Å². The van der Waals surface area contributed by atoms with Crippen molar-refractivity contribution in [3.63, 3.8) is 0 Å². The van der Waals surface area contributed by atoms with Crippen LogP contribution in [0.5, 0.6) is 0 Å². The summed E-state index contributed by atoms with van der Waals surface area (Å²) >= 11 is 0. The highest BCUT2D eigenvalue weighted by molar-refractivity contribution is 6.17. The molecule has 0 spiro atoms. The predicted molar refractivity (Wildman–Crippen MR) is 258 cm³/mol. The van der Waals surface area contributed by atoms with Gasteiger partial charge in [-0.05, 0) is 83.9 Å². The van der Waals surface area contributed by atoms with Gasteiger partial charge >= 0.3 is 0 Å². The van der Waals surface area contributed by atoms with E-state index < -0.39 is 0 Å². The normalized spacial score (nSPS) is 12.1. The summed E-state index contributed by atoms with van der Waals surface area (Å²) in [7, 11) is 0. The summed E-state index contributed by atoms with van der Waals surface area (Å²) in [5.74, 6) is 1.68. The summed E-state index contributed by atoms with van der Waals surface area (Å²) in [4.78, 5) is 15.4. The van der Waals surface area contributed by atoms with Crippen LogP contribution in [0.15, 0.2) is 207 Å². The number of hydrogen-bond donors (Lipinski definition) is 0. The van der Waals surface area contributed by atoms with Crippen molar-refractivity contribution in [2.24, 2.45) is 0 Å². The van der Waals surface area contributed by atoms with Gasteiger partial charge in [0.05, 0.1) is 11.0 Å². The zero-order valence-corrected chi connectivity index (χ0v) is 34.0. The molecule has 0 amide bonds. The first kappa shape index (κ1) is 34.9. The van der Waals surface area contributed by atoms with Crippen molar-refractivity contribution < 1.29 is 13.3 Å². The Balaban J connectivity index is 0.951. The van der Waals surface area contributed by atoms with Gasteiger partial charge in [-0.1, -0.05) is 121 Å². The molecule has 0 saturated carbocycles. The summed E-state index contributed by atoms with van der Waals surface area (Å²) in [5.41, 5.74) is 12.9. The number of hydrogen-bond acceptors (Lipinski definition) is 6. The van der Waals surface area contributed by atoms with Crippen LogP contribution >= 0.6 is 0 Å². The predicted octanol–water partition coefficient (Wildman–Crippen LogP) is 15.3. The molecule has 298 valence electrons. The van der Waals surface area contributed by atoms with Gasteiger partial charge in [0.15, 0.2) is 17.5 Å². The lowest BCUT2D eigenvalue weighted by Crippen LogP contribution is -2.00. The minimum Gasteiger partial charge on any atom is -0.456 e. The highest BCUT2D eigenvalue weighted by atomic mass is 16.3. The molecule has 7 heteroatoms. The highest BCUT2D eigenvalue weighted by Gasteiger charge is 2.21. The number of rotatable bonds is 5. The van der Waals surface area contributed by atoms with E-state index in [0.717, 1.165) is 110 Å². The maximum Gasteiger partial charge on any atom is 0.164 e. The first-order chi connectivity index (χ1) is 31.7. The average molecular weight is 821 g/mol. The molecule has 5 aromatic heterocycles. The van der Waals surface area contributed by atoms with Gasteiger partial charge in [-0.15, -0.1) is 0 Å². The molecule has 9 aromatic carbocycles. The molecular weight excluding hydrogens is 789 g/mol. The molecule has 7 nitrogen and oxygen atoms in total. The molecule has 0 aliphatic carbocycles. The van der Waals surface area contributed by atoms with E-state index in [4.69, 9.17) is 28.2 Å². The van der Waals surface area contributed by atoms with Crippen molar-refractivity contribution in [2.75, 3.05) is 0 Å². The number of aromatic nitrogens is 4. The van der Waals surface area contributed by atoms with Crippen molar-refractivity contribution in [1.82, 2.24) is 19.5 Å². The molecule has 0 aliphatic heterocycles. The molecule has 0 aliphatic rings. The van der Waals surface area contributed by atoms with Gasteiger partial charge < -0.3 is 17.8 Å². The van der Waals surface area contributed by atoms with Crippen LogP contribution in [0.1, 0.15) is 0 Å². The van der Waals surface area contributed by atoms with Crippen LogP contribution in [0.3, 0.4) is 0 Å². The molecule has 64 heavy (non-hydrogen) atoms. The summed E-state index contributed by atoms with van der Waals surface area (Å²) in [6.07, 6.45) is 0. The number of para-hydroxylation sites is 3. The van der Waals surface area contributed by atoms with Crippen molar-refractivity contribution in [1.29, 1.82) is 0 Å². The SMILES string of the molecule is c1ccc(-c2nc(-c3ccc4c(c3)oc3ccccc34)nc(-c3cccc4oc5ccc(-c6cccc7oc8ccc(-n9c%10ccccc%10c%10ccccc%109)cc8c67)cc5c34)n2)cc1. The average Bonchev–Trinajstić information content (AvgIpc) is 4.12. The maximum absolute atomic E-state index is 6.58. The Kier molecular flexibility index (Phi) is 7.27. The van der Waals surface area contributed by atoms with Crippen LogP contribution in [-0.4, -0.2) is 19.5 Å². The van der Waals surface area contributed by atoms with Gasteiger partial charge in [-0.25, -0.2) is 15.0 Å². The Bertz CT molecular complexity index is 4160. The second-order valence-corrected chi connectivity index (χ2v) is 16.3. The standard InChI is InChI=1S/C57H32N4O3/c1-2-12-33(13-3-1)55-58-56(35-24-27-41-40-16-6-9-21-47(40)64-52(41)31-35)60-57(59-55)42-18-11-23-51-54(42)43-30-34(25-28-48(43)62-51)37-17-10-22-50-53(37)44-32-36(26-29-49(44)63-50)61-45-19-7-4-14-38(45)39-15-5-8-20-46(39)61/h1-32H. The lowest BCUT2D eigenvalue weighted by atomic mass is 9.97. The number of fused-ring (bicyclic) bond motifs is 12. The Labute approximate surface area is 364 Å². The summed E-state index contributed by atoms with van der Waals surface area (Å²) in [6.45, 7) is 0. The quantitative estimate of drug-likeness (QED) is 0.172. The topological polar surface area (TPSA) is 83.0 Å². The largest absolute Gasteiger partial charge is 0.456 e. The van der Waals surface area contributed by atoms with Gasteiger partial charge in [-0.3, -0.25) is 0 Å². The number of benzene rings is 9. The maximum atomic E-state index is 6.58. The van der Waals surface area contributed by atoms with E-state index in [1.807, 2.05) is 66.7 Å². The monoisotopic (exact) mass is 820 g/mol. The first-order valence-electron chi connectivity index (χ1n) is 21.3. The molecule has 0 radical (unpaired) electrons. The third kappa shape index (κ3) is 5.18. The first-order valence-corrected chi connectivity index (χ1v) is 21.3. The van der Waals surface area contributed by atoms with Crippen LogP contribution in [0.25, 0.3) is 139 Å². The van der Waals surface area contributed by atoms with Crippen molar-refractivity contribution in [3.05, 3.63) is 194 Å². The molecule has 0 bridgehead atoms. The molecule has 0 atom stereocenters. The molecule has 14 rings (SSSR count). The van der Waals surface area contributed by atoms with Gasteiger partial charge in [0.25, 0.3) is 0 Å². The van der Waals surface area contributed by atoms with E-state index in [2.05, 4.69) is 132 Å². The molecule has 0 saturated heterocycles. The fourth-order valence-corrected chi connectivity index (χ4v) is 9.78. The third-order valence-corrected chi connectivity index (χ3v) is 12.7. The molecule has 14 aromatic rings. The molecule has 0 unspecified atom stereocenters. The minimum absolute atomic E-state index is 0.549. The van der Waals surface area contributed by atoms with E-state index >= 15 is 0 Å². The molecule has 0 N–H and O–H groups in total. The Morgan fingerprint density at radius 3 is 1.59 bits per heavy atom. The van der Waals surface area contributed by atoms with Gasteiger partial charge in [0.2, 0.25) is 0 Å². The van der Waals surface area contributed by atoms with E-state index in [1.165, 1.54) is 10.8 Å². The fourth-order valence-electron chi connectivity index (χ4n) is 9.78. The van der Waals surface area contributed by atoms with E-state index in [1.54, 1.807) is 0 Å². The van der Waals surface area contributed by atoms with Crippen LogP contribution in [-0.2, 0) is 0 Å². The minimum atomic E-state index is 0.549. The summed E-state index contributed by atoms with van der Waals surface area (Å²) < 4.78 is 21.8. The van der Waals surface area contributed by atoms with Gasteiger partial charge in [0, 0.05) is 65.5 Å². The fraction of sp³-hybridized carbons (Fsp3) is 0. The van der Waals surface area contributed by atoms with Crippen LogP contribution < -0.4 is 0 Å². The Morgan fingerprint density at radius 2 is 0.828 bits per heavy atom. The molecule has 5 heterocycles. The third-order valence-electron chi connectivity index (χ3n) is 12.7. The van der Waals surface area contributed by atoms with Crippen molar-refractivity contribution in [3.8, 4) is 51.0 Å². The second kappa shape index (κ2) is 13.3. The zero-order valence-electron chi connectivity index (χ0n) is 34.0. The lowest BCUT2D eigenvalue weighted by molar-refractivity contribution is 0.668. The van der Waals surface area contributed by atoms with Crippen LogP contribution in [0, 0.1) is 0 Å². The lowest BCUT2D eigenvalue weighted by Gasteiger charge is -2.10. The molecule has 0 fully saturated rings. The van der Waals surface area contributed by atoms with Gasteiger partial charge in [0.1, 0.15) is 33.5 Å². The Hall–Kier alpha value is -8.81. The van der Waals surface area contributed by atoms with E-state index in [-0.39, 0.29) is 0 Å². The van der Waals surface area contributed by atoms with Gasteiger partial charge in [-0.2, -0.15) is 0 Å². The van der Waals surface area contributed by atoms with Crippen molar-refractivity contribution >= 4 is 87.6 Å². The summed E-state index contributed by atoms with van der Waals surface area (Å²) in [5, 5.41) is 8.58. The molecular formula is C57H32N4O3. The number of nitrogens with zero attached hydrogens (tertiary/aromatic N) is 4. The Morgan fingerprint density at radius 1 is 0.297 bits per heavy atom. The second-order valence-electron chi connectivity index (χ2n) is 16.3. The zero-order chi connectivity index (χ0) is 41.9. The van der Waals surface area contributed by atoms with Crippen molar-refractivity contribution in [2.45, 2.75) is 0 Å². The number of furan rings is 3.